The molecule has 2 aliphatic rings. The van der Waals surface area contributed by atoms with Gasteiger partial charge in [0.15, 0.2) is 0 Å². The largest absolute Gasteiger partial charge is 0.310 e. The van der Waals surface area contributed by atoms with Gasteiger partial charge in [0.2, 0.25) is 0 Å². The van der Waals surface area contributed by atoms with Crippen LogP contribution in [0.5, 0.6) is 0 Å². The highest BCUT2D eigenvalue weighted by Gasteiger charge is 2.23. The van der Waals surface area contributed by atoms with Crippen molar-refractivity contribution in [2.45, 2.75) is 43.9 Å². The first-order chi connectivity index (χ1) is 9.88. The van der Waals surface area contributed by atoms with Gasteiger partial charge in [-0.1, -0.05) is 13.3 Å². The Morgan fingerprint density at radius 3 is 3.10 bits per heavy atom. The second-order valence-electron chi connectivity index (χ2n) is 5.42. The molecule has 1 aliphatic heterocycles. The second-order valence-corrected chi connectivity index (χ2v) is 7.88. The molecule has 0 amide bonds. The molecule has 1 aromatic heterocycles. The number of hydrogen-bond donors (Lipinski definition) is 1. The van der Waals surface area contributed by atoms with Gasteiger partial charge >= 0.3 is 0 Å². The zero-order chi connectivity index (χ0) is 13.8. The maximum absolute atomic E-state index is 4.94. The van der Waals surface area contributed by atoms with E-state index in [9.17, 15) is 0 Å². The number of nitrogens with zero attached hydrogens (tertiary/aromatic N) is 2. The van der Waals surface area contributed by atoms with E-state index in [-0.39, 0.29) is 0 Å². The zero-order valence-corrected chi connectivity index (χ0v) is 13.7. The predicted molar refractivity (Wildman–Crippen MR) is 88.5 cm³/mol. The van der Waals surface area contributed by atoms with Crippen molar-refractivity contribution in [2.75, 3.05) is 23.8 Å². The van der Waals surface area contributed by atoms with Crippen molar-refractivity contribution in [3.8, 4) is 0 Å². The molecular formula is C15H23N3S2. The van der Waals surface area contributed by atoms with Gasteiger partial charge in [0.05, 0.1) is 5.25 Å². The first kappa shape index (κ1) is 14.7. The van der Waals surface area contributed by atoms with Gasteiger partial charge in [0, 0.05) is 40.8 Å². The van der Waals surface area contributed by atoms with Gasteiger partial charge < -0.3 is 5.32 Å². The summed E-state index contributed by atoms with van der Waals surface area (Å²) in [6.45, 7) is 3.19. The summed E-state index contributed by atoms with van der Waals surface area (Å²) in [5, 5.41) is 4.09. The van der Waals surface area contributed by atoms with E-state index in [0.717, 1.165) is 18.8 Å². The highest BCUT2D eigenvalue weighted by atomic mass is 32.2. The fourth-order valence-corrected chi connectivity index (χ4v) is 5.59. The molecule has 2 unspecified atom stereocenters. The van der Waals surface area contributed by atoms with E-state index >= 15 is 0 Å². The molecule has 1 N–H and O–H groups in total. The lowest BCUT2D eigenvalue weighted by molar-refractivity contribution is 0.502. The fourth-order valence-electron chi connectivity index (χ4n) is 2.98. The monoisotopic (exact) mass is 309 g/mol. The normalized spacial score (nSPS) is 26.9. The number of thioether (sulfide) groups is 2. The van der Waals surface area contributed by atoms with E-state index in [1.807, 2.05) is 23.5 Å². The number of fused-ring (bicyclic) bond motifs is 1. The molecule has 2 atom stereocenters. The molecule has 2 heterocycles. The average Bonchev–Trinajstić information content (AvgIpc) is 2.71. The van der Waals surface area contributed by atoms with E-state index < -0.39 is 0 Å². The maximum Gasteiger partial charge on any atom is 0.142 e. The van der Waals surface area contributed by atoms with Crippen LogP contribution in [-0.2, 0) is 6.42 Å². The summed E-state index contributed by atoms with van der Waals surface area (Å²) in [6, 6.07) is 0.458. The number of nitrogens with one attached hydrogen (secondary N) is 1. The van der Waals surface area contributed by atoms with Crippen LogP contribution in [0.15, 0.2) is 6.20 Å². The lowest BCUT2D eigenvalue weighted by Gasteiger charge is -2.22. The van der Waals surface area contributed by atoms with Crippen molar-refractivity contribution < 1.29 is 0 Å². The molecule has 1 fully saturated rings. The van der Waals surface area contributed by atoms with E-state index in [0.29, 0.717) is 11.3 Å². The molecule has 0 bridgehead atoms. The minimum Gasteiger partial charge on any atom is -0.310 e. The molecule has 0 spiro atoms. The van der Waals surface area contributed by atoms with Crippen molar-refractivity contribution in [3.63, 3.8) is 0 Å². The molecule has 0 saturated carbocycles. The van der Waals surface area contributed by atoms with Crippen LogP contribution in [0.2, 0.25) is 0 Å². The van der Waals surface area contributed by atoms with Gasteiger partial charge in [-0.2, -0.15) is 11.8 Å². The van der Waals surface area contributed by atoms with Gasteiger partial charge in [-0.05, 0) is 25.8 Å². The van der Waals surface area contributed by atoms with Gasteiger partial charge in [-0.3, -0.25) is 0 Å². The molecule has 20 heavy (non-hydrogen) atoms. The maximum atomic E-state index is 4.94. The summed E-state index contributed by atoms with van der Waals surface area (Å²) in [6.07, 6.45) is 7.00. The fraction of sp³-hybridized carbons (Fsp3) is 0.733. The molecule has 3 rings (SSSR count). The number of aryl methyl sites for hydroxylation is 1. The van der Waals surface area contributed by atoms with Gasteiger partial charge in [-0.15, -0.1) is 11.8 Å². The molecule has 1 aliphatic carbocycles. The van der Waals surface area contributed by atoms with E-state index in [1.54, 1.807) is 0 Å². The van der Waals surface area contributed by atoms with Crippen LogP contribution in [0.1, 0.15) is 54.6 Å². The quantitative estimate of drug-likeness (QED) is 0.867. The van der Waals surface area contributed by atoms with Gasteiger partial charge in [-0.25, -0.2) is 9.97 Å². The van der Waals surface area contributed by atoms with Crippen molar-refractivity contribution in [2.24, 2.45) is 0 Å². The highest BCUT2D eigenvalue weighted by Crippen LogP contribution is 2.36. The SMILES string of the molecule is CCNC1CCCCc2nc(C3CSCCS3)ncc21. The van der Waals surface area contributed by atoms with Crippen LogP contribution in [0, 0.1) is 0 Å². The van der Waals surface area contributed by atoms with Crippen LogP contribution >= 0.6 is 23.5 Å². The zero-order valence-electron chi connectivity index (χ0n) is 12.1. The molecule has 5 heteroatoms. The summed E-state index contributed by atoms with van der Waals surface area (Å²) in [4.78, 5) is 9.65. The van der Waals surface area contributed by atoms with Crippen LogP contribution < -0.4 is 5.32 Å². The van der Waals surface area contributed by atoms with Crippen LogP contribution in [-0.4, -0.2) is 33.8 Å². The first-order valence-electron chi connectivity index (χ1n) is 7.67. The third-order valence-corrected chi connectivity index (χ3v) is 6.76. The van der Waals surface area contributed by atoms with Crippen molar-refractivity contribution in [3.05, 3.63) is 23.3 Å². The highest BCUT2D eigenvalue weighted by molar-refractivity contribution is 8.06. The van der Waals surface area contributed by atoms with Gasteiger partial charge in [0.25, 0.3) is 0 Å². The molecular weight excluding hydrogens is 286 g/mol. The molecule has 1 saturated heterocycles. The number of hydrogen-bond acceptors (Lipinski definition) is 5. The molecule has 0 radical (unpaired) electrons. The van der Waals surface area contributed by atoms with Crippen molar-refractivity contribution in [1.82, 2.24) is 15.3 Å². The van der Waals surface area contributed by atoms with E-state index in [2.05, 4.69) is 18.4 Å². The Morgan fingerprint density at radius 1 is 1.35 bits per heavy atom. The average molecular weight is 310 g/mol. The summed E-state index contributed by atoms with van der Waals surface area (Å²) in [5.41, 5.74) is 2.65. The smallest absolute Gasteiger partial charge is 0.142 e. The minimum atomic E-state index is 0.458. The van der Waals surface area contributed by atoms with Crippen LogP contribution in [0.25, 0.3) is 0 Å². The number of rotatable bonds is 3. The van der Waals surface area contributed by atoms with Crippen LogP contribution in [0.3, 0.4) is 0 Å². The van der Waals surface area contributed by atoms with Crippen LogP contribution in [0.4, 0.5) is 0 Å². The summed E-state index contributed by atoms with van der Waals surface area (Å²) >= 11 is 4.06. The third-order valence-electron chi connectivity index (χ3n) is 4.00. The third kappa shape index (κ3) is 3.31. The Morgan fingerprint density at radius 2 is 2.30 bits per heavy atom. The van der Waals surface area contributed by atoms with E-state index in [1.165, 1.54) is 47.8 Å². The Balaban J connectivity index is 1.84. The molecule has 1 aromatic rings. The topological polar surface area (TPSA) is 37.8 Å². The summed E-state index contributed by atoms with van der Waals surface area (Å²) in [7, 11) is 0. The van der Waals surface area contributed by atoms with Crippen molar-refractivity contribution in [1.29, 1.82) is 0 Å². The summed E-state index contributed by atoms with van der Waals surface area (Å²) in [5.74, 6) is 4.74. The summed E-state index contributed by atoms with van der Waals surface area (Å²) < 4.78 is 0. The van der Waals surface area contributed by atoms with Crippen molar-refractivity contribution >= 4 is 23.5 Å². The standard InChI is InChI=1S/C15H23N3S2/c1-2-16-12-5-3-4-6-13-11(12)9-17-15(18-13)14-10-19-7-8-20-14/h9,12,14,16H,2-8,10H2,1H3. The van der Waals surface area contributed by atoms with Gasteiger partial charge in [0.1, 0.15) is 5.82 Å². The molecule has 3 nitrogen and oxygen atoms in total. The van der Waals surface area contributed by atoms with E-state index in [4.69, 9.17) is 9.97 Å². The second kappa shape index (κ2) is 7.14. The molecule has 110 valence electrons. The Hall–Kier alpha value is -0.260. The Kier molecular flexibility index (Phi) is 5.24. The lowest BCUT2D eigenvalue weighted by Crippen LogP contribution is -2.22. The Bertz CT molecular complexity index is 447. The Labute approximate surface area is 130 Å². The molecule has 0 aromatic carbocycles. The first-order valence-corrected chi connectivity index (χ1v) is 9.87. The number of aromatic nitrogens is 2. The predicted octanol–water partition coefficient (Wildman–Crippen LogP) is 3.37. The lowest BCUT2D eigenvalue weighted by atomic mass is 10.0. The minimum absolute atomic E-state index is 0.458.